The highest BCUT2D eigenvalue weighted by atomic mass is 32.1. The fraction of sp³-hybridized carbons (Fsp3) is 0. The van der Waals surface area contributed by atoms with Crippen molar-refractivity contribution in [3.05, 3.63) is 104 Å². The van der Waals surface area contributed by atoms with Gasteiger partial charge in [0.1, 0.15) is 23.4 Å². The first kappa shape index (κ1) is 21.3. The molecular weight excluding hydrogens is 478 g/mol. The maximum atomic E-state index is 4.73. The van der Waals surface area contributed by atoms with E-state index in [-0.39, 0.29) is 0 Å². The molecule has 7 aromatic rings. The number of fused-ring (bicyclic) bond motifs is 3. The van der Waals surface area contributed by atoms with Gasteiger partial charge >= 0.3 is 0 Å². The molecule has 8 heteroatoms. The summed E-state index contributed by atoms with van der Waals surface area (Å²) in [4.78, 5) is 32.6. The summed E-state index contributed by atoms with van der Waals surface area (Å²) in [7, 11) is 0. The highest BCUT2D eigenvalue weighted by Crippen LogP contribution is 2.36. The Morgan fingerprint density at radius 1 is 0.514 bits per heavy atom. The lowest BCUT2D eigenvalue weighted by molar-refractivity contribution is 1.05. The second-order valence-electron chi connectivity index (χ2n) is 8.32. The maximum absolute atomic E-state index is 4.73. The molecule has 7 nitrogen and oxygen atoms in total. The SMILES string of the molecule is c1ccc(-c2nc(-c3ccccc3)nc(-c3cnc(-c4ncnc5c4sc4ccccc45)cn3)n2)cc1. The van der Waals surface area contributed by atoms with Crippen molar-refractivity contribution in [3.8, 4) is 45.7 Å². The zero-order valence-corrected chi connectivity index (χ0v) is 20.2. The number of hydrogen-bond donors (Lipinski definition) is 0. The van der Waals surface area contributed by atoms with Crippen LogP contribution in [-0.4, -0.2) is 34.9 Å². The molecule has 0 aliphatic heterocycles. The topological polar surface area (TPSA) is 90.2 Å². The van der Waals surface area contributed by atoms with Crippen molar-refractivity contribution >= 4 is 31.6 Å². The summed E-state index contributed by atoms with van der Waals surface area (Å²) in [5, 5.41) is 1.11. The molecule has 174 valence electrons. The number of hydrogen-bond acceptors (Lipinski definition) is 8. The highest BCUT2D eigenvalue weighted by Gasteiger charge is 2.16. The van der Waals surface area contributed by atoms with Crippen molar-refractivity contribution in [3.63, 3.8) is 0 Å². The summed E-state index contributed by atoms with van der Waals surface area (Å²) in [5.74, 6) is 1.62. The van der Waals surface area contributed by atoms with E-state index in [9.17, 15) is 0 Å². The van der Waals surface area contributed by atoms with E-state index in [2.05, 4.69) is 27.1 Å². The van der Waals surface area contributed by atoms with Crippen molar-refractivity contribution in [1.29, 1.82) is 0 Å². The number of rotatable bonds is 4. The van der Waals surface area contributed by atoms with E-state index < -0.39 is 0 Å². The lowest BCUT2D eigenvalue weighted by atomic mass is 10.2. The van der Waals surface area contributed by atoms with Crippen molar-refractivity contribution in [2.45, 2.75) is 0 Å². The van der Waals surface area contributed by atoms with E-state index in [1.54, 1.807) is 30.1 Å². The van der Waals surface area contributed by atoms with Crippen LogP contribution in [0.1, 0.15) is 0 Å². The van der Waals surface area contributed by atoms with Gasteiger partial charge in [0.25, 0.3) is 0 Å². The lowest BCUT2D eigenvalue weighted by Crippen LogP contribution is -2.01. The van der Waals surface area contributed by atoms with Gasteiger partial charge in [0, 0.05) is 21.2 Å². The van der Waals surface area contributed by atoms with Crippen LogP contribution in [0.25, 0.3) is 66.0 Å². The lowest BCUT2D eigenvalue weighted by Gasteiger charge is -2.08. The van der Waals surface area contributed by atoms with Gasteiger partial charge in [-0.2, -0.15) is 0 Å². The smallest absolute Gasteiger partial charge is 0.184 e. The predicted molar refractivity (Wildman–Crippen MR) is 146 cm³/mol. The summed E-state index contributed by atoms with van der Waals surface area (Å²) < 4.78 is 2.15. The molecule has 0 saturated heterocycles. The van der Waals surface area contributed by atoms with Crippen LogP contribution in [0.3, 0.4) is 0 Å². The third-order valence-corrected chi connectivity index (χ3v) is 7.15. The van der Waals surface area contributed by atoms with Crippen LogP contribution >= 0.6 is 11.3 Å². The first-order chi connectivity index (χ1) is 18.3. The monoisotopic (exact) mass is 495 g/mol. The Hall–Kier alpha value is -4.95. The average Bonchev–Trinajstić information content (AvgIpc) is 3.37. The van der Waals surface area contributed by atoms with Crippen LogP contribution in [-0.2, 0) is 0 Å². The van der Waals surface area contributed by atoms with Crippen LogP contribution < -0.4 is 0 Å². The fourth-order valence-electron chi connectivity index (χ4n) is 4.19. The maximum Gasteiger partial charge on any atom is 0.184 e. The van der Waals surface area contributed by atoms with E-state index >= 15 is 0 Å². The molecule has 0 amide bonds. The van der Waals surface area contributed by atoms with Crippen LogP contribution in [0.2, 0.25) is 0 Å². The van der Waals surface area contributed by atoms with Gasteiger partial charge in [0.05, 0.1) is 22.6 Å². The van der Waals surface area contributed by atoms with E-state index in [4.69, 9.17) is 19.9 Å². The number of aromatic nitrogens is 7. The predicted octanol–water partition coefficient (Wildman–Crippen LogP) is 6.49. The zero-order chi connectivity index (χ0) is 24.6. The fourth-order valence-corrected chi connectivity index (χ4v) is 5.35. The summed E-state index contributed by atoms with van der Waals surface area (Å²) in [6.45, 7) is 0. The third-order valence-electron chi connectivity index (χ3n) is 5.98. The van der Waals surface area contributed by atoms with Crippen LogP contribution in [0.5, 0.6) is 0 Å². The van der Waals surface area contributed by atoms with Gasteiger partial charge in [-0.3, -0.25) is 4.98 Å². The summed E-state index contributed by atoms with van der Waals surface area (Å²) in [5.41, 5.74) is 4.72. The zero-order valence-electron chi connectivity index (χ0n) is 19.4. The van der Waals surface area contributed by atoms with Gasteiger partial charge in [-0.05, 0) is 6.07 Å². The first-order valence-electron chi connectivity index (χ1n) is 11.7. The molecule has 0 bridgehead atoms. The Bertz CT molecular complexity index is 1810. The van der Waals surface area contributed by atoms with Crippen LogP contribution in [0.15, 0.2) is 104 Å². The summed E-state index contributed by atoms with van der Waals surface area (Å²) in [6, 6.07) is 27.9. The van der Waals surface area contributed by atoms with Gasteiger partial charge in [-0.25, -0.2) is 29.9 Å². The Kier molecular flexibility index (Phi) is 5.15. The molecule has 0 aliphatic rings. The van der Waals surface area contributed by atoms with Crippen LogP contribution in [0, 0.1) is 0 Å². The molecule has 0 aliphatic carbocycles. The highest BCUT2D eigenvalue weighted by molar-refractivity contribution is 7.26. The van der Waals surface area contributed by atoms with E-state index in [1.807, 2.05) is 72.8 Å². The summed E-state index contributed by atoms with van der Waals surface area (Å²) in [6.07, 6.45) is 4.99. The largest absolute Gasteiger partial charge is 0.251 e. The van der Waals surface area contributed by atoms with E-state index in [1.165, 1.54) is 0 Å². The molecule has 0 spiro atoms. The third kappa shape index (κ3) is 3.89. The van der Waals surface area contributed by atoms with Gasteiger partial charge in [0.2, 0.25) is 0 Å². The number of benzene rings is 3. The minimum Gasteiger partial charge on any atom is -0.251 e. The normalized spacial score (nSPS) is 11.2. The standard InChI is InChI=1S/C29H17N7S/c1-3-9-18(10-4-1)27-34-28(19-11-5-2-6-12-19)36-29(35-27)22-16-30-21(15-31-22)25-26-24(32-17-33-25)20-13-7-8-14-23(20)37-26/h1-17H. The molecule has 0 atom stereocenters. The molecule has 37 heavy (non-hydrogen) atoms. The van der Waals surface area contributed by atoms with Crippen molar-refractivity contribution < 1.29 is 0 Å². The Balaban J connectivity index is 1.33. The molecule has 0 N–H and O–H groups in total. The molecule has 7 rings (SSSR count). The minimum atomic E-state index is 0.460. The molecule has 3 aromatic carbocycles. The minimum absolute atomic E-state index is 0.460. The molecule has 4 aromatic heterocycles. The number of nitrogens with zero attached hydrogens (tertiary/aromatic N) is 7. The molecule has 0 unspecified atom stereocenters. The Morgan fingerprint density at radius 3 is 1.78 bits per heavy atom. The Morgan fingerprint density at radius 2 is 1.11 bits per heavy atom. The molecular formula is C29H17N7S. The second kappa shape index (κ2) is 8.92. The number of thiophene rings is 1. The average molecular weight is 496 g/mol. The first-order valence-corrected chi connectivity index (χ1v) is 12.5. The van der Waals surface area contributed by atoms with Gasteiger partial charge in [0.15, 0.2) is 17.5 Å². The molecule has 0 saturated carbocycles. The molecule has 0 fully saturated rings. The molecule has 4 heterocycles. The summed E-state index contributed by atoms with van der Waals surface area (Å²) >= 11 is 1.66. The Labute approximate surface area is 215 Å². The van der Waals surface area contributed by atoms with E-state index in [0.29, 0.717) is 28.9 Å². The van der Waals surface area contributed by atoms with Crippen LogP contribution in [0.4, 0.5) is 0 Å². The van der Waals surface area contributed by atoms with Crippen molar-refractivity contribution in [2.24, 2.45) is 0 Å². The van der Waals surface area contributed by atoms with Crippen molar-refractivity contribution in [1.82, 2.24) is 34.9 Å². The van der Waals surface area contributed by atoms with Gasteiger partial charge < -0.3 is 0 Å². The van der Waals surface area contributed by atoms with Gasteiger partial charge in [-0.15, -0.1) is 11.3 Å². The quantitative estimate of drug-likeness (QED) is 0.276. The van der Waals surface area contributed by atoms with Gasteiger partial charge in [-0.1, -0.05) is 78.9 Å². The second-order valence-corrected chi connectivity index (χ2v) is 9.38. The molecule has 0 radical (unpaired) electrons. The van der Waals surface area contributed by atoms with E-state index in [0.717, 1.165) is 37.1 Å². The van der Waals surface area contributed by atoms with Crippen molar-refractivity contribution in [2.75, 3.05) is 0 Å².